The summed E-state index contributed by atoms with van der Waals surface area (Å²) in [6.45, 7) is 5.99. The fourth-order valence-corrected chi connectivity index (χ4v) is 3.79. The van der Waals surface area contributed by atoms with Crippen LogP contribution in [0.3, 0.4) is 0 Å². The van der Waals surface area contributed by atoms with Crippen molar-refractivity contribution in [1.29, 1.82) is 0 Å². The van der Waals surface area contributed by atoms with Crippen LogP contribution < -0.4 is 5.73 Å². The second-order valence-corrected chi connectivity index (χ2v) is 7.33. The van der Waals surface area contributed by atoms with E-state index in [2.05, 4.69) is 4.98 Å². The number of fused-ring (bicyclic) bond motifs is 1. The van der Waals surface area contributed by atoms with Gasteiger partial charge in [-0.05, 0) is 18.2 Å². The van der Waals surface area contributed by atoms with E-state index in [-0.39, 0.29) is 31.2 Å². The van der Waals surface area contributed by atoms with Crippen LogP contribution in [0.15, 0.2) is 16.7 Å². The van der Waals surface area contributed by atoms with Crippen LogP contribution >= 0.6 is 36.6 Å². The van der Waals surface area contributed by atoms with Crippen LogP contribution in [0.1, 0.15) is 37.8 Å². The summed E-state index contributed by atoms with van der Waals surface area (Å²) in [4.78, 5) is 16.1. The van der Waals surface area contributed by atoms with Gasteiger partial charge in [0.25, 0.3) is 0 Å². The lowest BCUT2D eigenvalue weighted by Gasteiger charge is -2.29. The largest absolute Gasteiger partial charge is 0.479 e. The first-order chi connectivity index (χ1) is 11.9. The van der Waals surface area contributed by atoms with E-state index in [1.165, 1.54) is 11.8 Å². The highest BCUT2D eigenvalue weighted by molar-refractivity contribution is 7.99. The van der Waals surface area contributed by atoms with Crippen LogP contribution in [-0.2, 0) is 24.1 Å². The minimum atomic E-state index is -2.07. The Morgan fingerprint density at radius 2 is 2.00 bits per heavy atom. The molecule has 154 valence electrons. The van der Waals surface area contributed by atoms with E-state index in [0.29, 0.717) is 17.0 Å². The summed E-state index contributed by atoms with van der Waals surface area (Å²) in [5, 5.41) is 21.2. The van der Waals surface area contributed by atoms with Gasteiger partial charge in [-0.1, -0.05) is 20.8 Å². The van der Waals surface area contributed by atoms with Gasteiger partial charge < -0.3 is 20.4 Å². The second kappa shape index (κ2) is 11.1. The zero-order valence-corrected chi connectivity index (χ0v) is 18.2. The van der Waals surface area contributed by atoms with Crippen molar-refractivity contribution >= 4 is 53.5 Å². The Bertz CT molecular complexity index is 756. The summed E-state index contributed by atoms with van der Waals surface area (Å²) in [5.41, 5.74) is 6.16. The number of pyridine rings is 1. The third kappa shape index (κ3) is 5.29. The van der Waals surface area contributed by atoms with Crippen molar-refractivity contribution in [2.24, 2.45) is 5.73 Å². The van der Waals surface area contributed by atoms with Gasteiger partial charge in [0.2, 0.25) is 0 Å². The molecule has 0 radical (unpaired) electrons. The topological polar surface area (TPSA) is 110 Å². The Morgan fingerprint density at radius 1 is 1.33 bits per heavy atom. The van der Waals surface area contributed by atoms with Crippen molar-refractivity contribution in [3.63, 3.8) is 0 Å². The summed E-state index contributed by atoms with van der Waals surface area (Å²) in [5.74, 6) is 0.713. The Hall–Kier alpha value is -0.990. The van der Waals surface area contributed by atoms with Gasteiger partial charge in [0.05, 0.1) is 11.7 Å². The van der Waals surface area contributed by atoms with Gasteiger partial charge >= 0.3 is 5.97 Å². The first-order valence-corrected chi connectivity index (χ1v) is 9.71. The highest BCUT2D eigenvalue weighted by Crippen LogP contribution is 2.31. The molecular weight excluding hydrogens is 411 g/mol. The molecule has 2 aromatic rings. The van der Waals surface area contributed by atoms with Crippen LogP contribution in [-0.4, -0.2) is 44.3 Å². The van der Waals surface area contributed by atoms with Crippen LogP contribution in [0.5, 0.6) is 0 Å². The number of furan rings is 1. The van der Waals surface area contributed by atoms with Gasteiger partial charge in [-0.25, -0.2) is 4.79 Å². The molecule has 27 heavy (non-hydrogen) atoms. The molecule has 0 aliphatic rings. The number of halogens is 2. The number of aliphatic carboxylic acids is 1. The number of hydrogen-bond donors (Lipinski definition) is 3. The molecular formula is C18H28Cl2N2O4S. The van der Waals surface area contributed by atoms with E-state index in [4.69, 9.17) is 10.2 Å². The fourth-order valence-electron chi connectivity index (χ4n) is 3.02. The molecule has 0 bridgehead atoms. The molecule has 9 heteroatoms. The van der Waals surface area contributed by atoms with Crippen molar-refractivity contribution in [3.8, 4) is 0 Å². The van der Waals surface area contributed by atoms with E-state index < -0.39 is 17.6 Å². The molecule has 0 aliphatic heterocycles. The molecule has 1 unspecified atom stereocenters. The number of thioether (sulfide) groups is 1. The van der Waals surface area contributed by atoms with Crippen LogP contribution in [0, 0.1) is 0 Å². The molecule has 0 spiro atoms. The SMILES string of the molecule is CCSC[C@H](N)C(O)(Cc1nccc2oc(CC)c(CC)c12)C(=O)O.Cl.Cl. The Kier molecular flexibility index (Phi) is 10.7. The molecule has 0 aromatic carbocycles. The van der Waals surface area contributed by atoms with Crippen LogP contribution in [0.4, 0.5) is 0 Å². The van der Waals surface area contributed by atoms with E-state index >= 15 is 0 Å². The molecule has 0 saturated carbocycles. The minimum Gasteiger partial charge on any atom is -0.479 e. The Labute approximate surface area is 176 Å². The number of aromatic nitrogens is 1. The molecule has 6 nitrogen and oxygen atoms in total. The average molecular weight is 439 g/mol. The number of rotatable bonds is 9. The van der Waals surface area contributed by atoms with Crippen molar-refractivity contribution in [1.82, 2.24) is 4.98 Å². The molecule has 2 aromatic heterocycles. The maximum Gasteiger partial charge on any atom is 0.337 e. The third-order valence-corrected chi connectivity index (χ3v) is 5.46. The smallest absolute Gasteiger partial charge is 0.337 e. The number of aliphatic hydroxyl groups is 1. The molecule has 0 aliphatic carbocycles. The highest BCUT2D eigenvalue weighted by atomic mass is 35.5. The van der Waals surface area contributed by atoms with Gasteiger partial charge in [-0.2, -0.15) is 11.8 Å². The first kappa shape index (κ1) is 26.0. The van der Waals surface area contributed by atoms with E-state index in [1.807, 2.05) is 20.8 Å². The monoisotopic (exact) mass is 438 g/mol. The average Bonchev–Trinajstić information content (AvgIpc) is 2.97. The third-order valence-electron chi connectivity index (χ3n) is 4.46. The van der Waals surface area contributed by atoms with Crippen LogP contribution in [0.25, 0.3) is 11.0 Å². The quantitative estimate of drug-likeness (QED) is 0.550. The molecule has 2 heterocycles. The zero-order valence-electron chi connectivity index (χ0n) is 15.7. The lowest BCUT2D eigenvalue weighted by Crippen LogP contribution is -2.57. The number of hydrogen-bond acceptors (Lipinski definition) is 6. The number of aryl methyl sites for hydroxylation is 2. The summed E-state index contributed by atoms with van der Waals surface area (Å²) in [6.07, 6.45) is 2.92. The highest BCUT2D eigenvalue weighted by Gasteiger charge is 2.43. The second-order valence-electron chi connectivity index (χ2n) is 6.01. The number of carboxylic acids is 1. The van der Waals surface area contributed by atoms with Crippen molar-refractivity contribution < 1.29 is 19.4 Å². The maximum atomic E-state index is 11.8. The van der Waals surface area contributed by atoms with Gasteiger partial charge in [0.15, 0.2) is 5.60 Å². The van der Waals surface area contributed by atoms with E-state index in [9.17, 15) is 15.0 Å². The van der Waals surface area contributed by atoms with Gasteiger partial charge in [0, 0.05) is 35.7 Å². The van der Waals surface area contributed by atoms with Gasteiger partial charge in [0.1, 0.15) is 11.3 Å². The molecule has 4 N–H and O–H groups in total. The Balaban J connectivity index is 0.00000338. The zero-order chi connectivity index (χ0) is 18.6. The molecule has 0 fully saturated rings. The first-order valence-electron chi connectivity index (χ1n) is 8.56. The summed E-state index contributed by atoms with van der Waals surface area (Å²) in [6, 6.07) is 0.874. The number of nitrogens with zero attached hydrogens (tertiary/aromatic N) is 1. The number of carbonyl (C=O) groups is 1. The van der Waals surface area contributed by atoms with Crippen molar-refractivity contribution in [2.45, 2.75) is 51.7 Å². The predicted molar refractivity (Wildman–Crippen MR) is 115 cm³/mol. The molecule has 2 atom stereocenters. The summed E-state index contributed by atoms with van der Waals surface area (Å²) < 4.78 is 5.88. The number of carboxylic acid groups (broad SMARTS) is 1. The Morgan fingerprint density at radius 3 is 2.52 bits per heavy atom. The van der Waals surface area contributed by atoms with E-state index in [1.54, 1.807) is 12.3 Å². The lowest BCUT2D eigenvalue weighted by atomic mass is 9.88. The predicted octanol–water partition coefficient (Wildman–Crippen LogP) is 3.23. The number of nitrogens with two attached hydrogens (primary N) is 1. The van der Waals surface area contributed by atoms with E-state index in [0.717, 1.165) is 35.3 Å². The maximum absolute atomic E-state index is 11.8. The van der Waals surface area contributed by atoms with Gasteiger partial charge in [-0.3, -0.25) is 4.98 Å². The van der Waals surface area contributed by atoms with Crippen molar-refractivity contribution in [2.75, 3.05) is 11.5 Å². The summed E-state index contributed by atoms with van der Waals surface area (Å²) in [7, 11) is 0. The normalized spacial score (nSPS) is 14.1. The molecule has 0 saturated heterocycles. The summed E-state index contributed by atoms with van der Waals surface area (Å²) >= 11 is 1.50. The molecule has 0 amide bonds. The minimum absolute atomic E-state index is 0. The van der Waals surface area contributed by atoms with Crippen molar-refractivity contribution in [3.05, 3.63) is 29.3 Å². The standard InChI is InChI=1S/C18H26N2O4S.2ClH/c1-4-11-13(5-2)24-14-7-8-20-12(16(11)14)9-18(23,17(21)22)15(19)10-25-6-3;;/h7-8,15,23H,4-6,9-10,19H2,1-3H3,(H,21,22);2*1H/t15-,18?;;/m0../s1. The lowest BCUT2D eigenvalue weighted by molar-refractivity contribution is -0.160. The fraction of sp³-hybridized carbons (Fsp3) is 0.556. The molecule has 2 rings (SSSR count). The van der Waals surface area contributed by atoms with Gasteiger partial charge in [-0.15, -0.1) is 24.8 Å². The van der Waals surface area contributed by atoms with Crippen LogP contribution in [0.2, 0.25) is 0 Å².